The number of hydrogen-bond acceptors (Lipinski definition) is 2. The molecule has 0 aliphatic carbocycles. The summed E-state index contributed by atoms with van der Waals surface area (Å²) in [5.74, 6) is 0.184. The fraction of sp³-hybridized carbons (Fsp3) is 0.529. The van der Waals surface area contributed by atoms with Crippen LogP contribution in [0.3, 0.4) is 0 Å². The molecular weight excluding hydrogens is 278 g/mol. The van der Waals surface area contributed by atoms with Crippen LogP contribution in [0.2, 0.25) is 0 Å². The minimum absolute atomic E-state index is 0.184. The number of nitrogens with one attached hydrogen (secondary N) is 2. The highest BCUT2D eigenvalue weighted by Gasteiger charge is 2.18. The number of nitrogens with zero attached hydrogens (tertiary/aromatic N) is 1. The standard InChI is InChI=1S/C17H25N3O2/c1-17(2,3)19-16(22)18-14-8-6-13(7-9-14)12-15(21)20-10-4-5-11-20/h6-9H,4-5,10-12H2,1-3H3,(H2,18,19,22). The first-order valence-corrected chi connectivity index (χ1v) is 7.79. The Bertz CT molecular complexity index is 526. The molecule has 1 aliphatic heterocycles. The van der Waals surface area contributed by atoms with E-state index in [1.54, 1.807) is 0 Å². The number of carbonyl (C=O) groups is 2. The van der Waals surface area contributed by atoms with Gasteiger partial charge in [0.15, 0.2) is 0 Å². The Morgan fingerprint density at radius 3 is 2.23 bits per heavy atom. The molecule has 1 saturated heterocycles. The second-order valence-corrected chi connectivity index (χ2v) is 6.79. The summed E-state index contributed by atoms with van der Waals surface area (Å²) in [5, 5.41) is 5.63. The van der Waals surface area contributed by atoms with Gasteiger partial charge in [-0.2, -0.15) is 0 Å². The molecule has 0 atom stereocenters. The second-order valence-electron chi connectivity index (χ2n) is 6.79. The van der Waals surface area contributed by atoms with Crippen molar-refractivity contribution in [2.45, 2.75) is 45.6 Å². The Morgan fingerprint density at radius 1 is 1.09 bits per heavy atom. The third-order valence-electron chi connectivity index (χ3n) is 3.51. The molecule has 5 heteroatoms. The van der Waals surface area contributed by atoms with Crippen molar-refractivity contribution >= 4 is 17.6 Å². The molecule has 1 aromatic rings. The number of carbonyl (C=O) groups excluding carboxylic acids is 2. The van der Waals surface area contributed by atoms with E-state index >= 15 is 0 Å². The first kappa shape index (κ1) is 16.3. The lowest BCUT2D eigenvalue weighted by atomic mass is 10.1. The molecule has 0 unspecified atom stereocenters. The molecule has 120 valence electrons. The zero-order valence-electron chi connectivity index (χ0n) is 13.6. The number of amides is 3. The van der Waals surface area contributed by atoms with E-state index in [4.69, 9.17) is 0 Å². The molecule has 0 spiro atoms. The first-order chi connectivity index (χ1) is 10.3. The van der Waals surface area contributed by atoms with Crippen LogP contribution in [0.25, 0.3) is 0 Å². The van der Waals surface area contributed by atoms with Gasteiger partial charge in [-0.05, 0) is 51.3 Å². The maximum atomic E-state index is 12.1. The third-order valence-corrected chi connectivity index (χ3v) is 3.51. The second kappa shape index (κ2) is 6.81. The highest BCUT2D eigenvalue weighted by Crippen LogP contribution is 2.14. The third kappa shape index (κ3) is 5.06. The van der Waals surface area contributed by atoms with Gasteiger partial charge in [-0.25, -0.2) is 4.79 Å². The highest BCUT2D eigenvalue weighted by atomic mass is 16.2. The monoisotopic (exact) mass is 303 g/mol. The quantitative estimate of drug-likeness (QED) is 0.902. The Kier molecular flexibility index (Phi) is 5.06. The van der Waals surface area contributed by atoms with E-state index < -0.39 is 0 Å². The number of benzene rings is 1. The molecule has 1 fully saturated rings. The van der Waals surface area contributed by atoms with Gasteiger partial charge in [0.05, 0.1) is 6.42 Å². The SMILES string of the molecule is CC(C)(C)NC(=O)Nc1ccc(CC(=O)N2CCCC2)cc1. The summed E-state index contributed by atoms with van der Waals surface area (Å²) in [6.45, 7) is 7.55. The van der Waals surface area contributed by atoms with E-state index in [1.807, 2.05) is 49.9 Å². The Hall–Kier alpha value is -2.04. The van der Waals surface area contributed by atoms with Crippen LogP contribution < -0.4 is 10.6 Å². The van der Waals surface area contributed by atoms with Crippen molar-refractivity contribution in [3.63, 3.8) is 0 Å². The molecule has 5 nitrogen and oxygen atoms in total. The minimum Gasteiger partial charge on any atom is -0.342 e. The van der Waals surface area contributed by atoms with Crippen molar-refractivity contribution in [3.8, 4) is 0 Å². The molecule has 0 aromatic heterocycles. The molecule has 1 aliphatic rings. The van der Waals surface area contributed by atoms with E-state index in [-0.39, 0.29) is 17.5 Å². The average Bonchev–Trinajstić information content (AvgIpc) is 2.92. The summed E-state index contributed by atoms with van der Waals surface area (Å²) >= 11 is 0. The van der Waals surface area contributed by atoms with Gasteiger partial charge in [-0.1, -0.05) is 12.1 Å². The maximum Gasteiger partial charge on any atom is 0.319 e. The van der Waals surface area contributed by atoms with Crippen LogP contribution in [0.1, 0.15) is 39.2 Å². The molecule has 2 rings (SSSR count). The zero-order chi connectivity index (χ0) is 16.2. The average molecular weight is 303 g/mol. The van der Waals surface area contributed by atoms with Gasteiger partial charge in [-0.15, -0.1) is 0 Å². The van der Waals surface area contributed by atoms with Crippen LogP contribution in [0.4, 0.5) is 10.5 Å². The predicted octanol–water partition coefficient (Wildman–Crippen LogP) is 2.77. The normalized spacial score (nSPS) is 14.8. The fourth-order valence-corrected chi connectivity index (χ4v) is 2.46. The molecule has 0 radical (unpaired) electrons. The summed E-state index contributed by atoms with van der Waals surface area (Å²) in [6.07, 6.45) is 2.64. The van der Waals surface area contributed by atoms with E-state index in [0.717, 1.165) is 37.2 Å². The molecule has 0 saturated carbocycles. The lowest BCUT2D eigenvalue weighted by molar-refractivity contribution is -0.129. The summed E-state index contributed by atoms with van der Waals surface area (Å²) < 4.78 is 0. The van der Waals surface area contributed by atoms with Crippen LogP contribution in [-0.2, 0) is 11.2 Å². The van der Waals surface area contributed by atoms with Crippen molar-refractivity contribution in [2.75, 3.05) is 18.4 Å². The summed E-state index contributed by atoms with van der Waals surface area (Å²) in [6, 6.07) is 7.21. The molecular formula is C17H25N3O2. The predicted molar refractivity (Wildman–Crippen MR) is 87.9 cm³/mol. The number of hydrogen-bond donors (Lipinski definition) is 2. The Balaban J connectivity index is 1.87. The molecule has 1 heterocycles. The van der Waals surface area contributed by atoms with E-state index in [2.05, 4.69) is 10.6 Å². The summed E-state index contributed by atoms with van der Waals surface area (Å²) in [7, 11) is 0. The van der Waals surface area contributed by atoms with Crippen LogP contribution in [-0.4, -0.2) is 35.5 Å². The number of urea groups is 1. The van der Waals surface area contributed by atoms with Gasteiger partial charge in [0.2, 0.25) is 5.91 Å². The van der Waals surface area contributed by atoms with Crippen molar-refractivity contribution in [1.29, 1.82) is 0 Å². The van der Waals surface area contributed by atoms with E-state index in [1.165, 1.54) is 0 Å². The number of likely N-dealkylation sites (tertiary alicyclic amines) is 1. The van der Waals surface area contributed by atoms with Crippen molar-refractivity contribution in [1.82, 2.24) is 10.2 Å². The van der Waals surface area contributed by atoms with Gasteiger partial charge < -0.3 is 15.5 Å². The van der Waals surface area contributed by atoms with E-state index in [9.17, 15) is 9.59 Å². The maximum absolute atomic E-state index is 12.1. The fourth-order valence-electron chi connectivity index (χ4n) is 2.46. The van der Waals surface area contributed by atoms with Gasteiger partial charge >= 0.3 is 6.03 Å². The van der Waals surface area contributed by atoms with Gasteiger partial charge in [0.1, 0.15) is 0 Å². The zero-order valence-corrected chi connectivity index (χ0v) is 13.6. The number of rotatable bonds is 3. The van der Waals surface area contributed by atoms with Crippen LogP contribution in [0.5, 0.6) is 0 Å². The molecule has 0 bridgehead atoms. The van der Waals surface area contributed by atoms with Crippen molar-refractivity contribution in [2.24, 2.45) is 0 Å². The van der Waals surface area contributed by atoms with Gasteiger partial charge in [0, 0.05) is 24.3 Å². The van der Waals surface area contributed by atoms with Crippen LogP contribution in [0.15, 0.2) is 24.3 Å². The molecule has 22 heavy (non-hydrogen) atoms. The highest BCUT2D eigenvalue weighted by molar-refractivity contribution is 5.89. The van der Waals surface area contributed by atoms with E-state index in [0.29, 0.717) is 6.42 Å². The Morgan fingerprint density at radius 2 is 1.68 bits per heavy atom. The topological polar surface area (TPSA) is 61.4 Å². The van der Waals surface area contributed by atoms with Crippen LogP contribution >= 0.6 is 0 Å². The van der Waals surface area contributed by atoms with Crippen molar-refractivity contribution in [3.05, 3.63) is 29.8 Å². The summed E-state index contributed by atoms with van der Waals surface area (Å²) in [4.78, 5) is 25.8. The molecule has 2 N–H and O–H groups in total. The lowest BCUT2D eigenvalue weighted by Gasteiger charge is -2.20. The van der Waals surface area contributed by atoms with Crippen molar-refractivity contribution < 1.29 is 9.59 Å². The van der Waals surface area contributed by atoms with Gasteiger partial charge in [0.25, 0.3) is 0 Å². The molecule has 3 amide bonds. The first-order valence-electron chi connectivity index (χ1n) is 7.79. The molecule has 1 aromatic carbocycles. The minimum atomic E-state index is -0.272. The largest absolute Gasteiger partial charge is 0.342 e. The number of anilines is 1. The van der Waals surface area contributed by atoms with Gasteiger partial charge in [-0.3, -0.25) is 4.79 Å². The summed E-state index contributed by atoms with van der Waals surface area (Å²) in [5.41, 5.74) is 1.42. The lowest BCUT2D eigenvalue weighted by Crippen LogP contribution is -2.43. The smallest absolute Gasteiger partial charge is 0.319 e. The Labute approximate surface area is 132 Å². The van der Waals surface area contributed by atoms with Crippen LogP contribution in [0, 0.1) is 0 Å².